The van der Waals surface area contributed by atoms with E-state index in [0.717, 1.165) is 37.5 Å². The van der Waals surface area contributed by atoms with Gasteiger partial charge in [0.15, 0.2) is 5.96 Å². The van der Waals surface area contributed by atoms with Crippen LogP contribution in [0.4, 0.5) is 0 Å². The lowest BCUT2D eigenvalue weighted by atomic mass is 10.0. The van der Waals surface area contributed by atoms with E-state index in [1.807, 2.05) is 37.3 Å². The molecule has 0 heterocycles. The highest BCUT2D eigenvalue weighted by Gasteiger charge is 2.05. The molecule has 142 valence electrons. The van der Waals surface area contributed by atoms with Crippen molar-refractivity contribution in [2.75, 3.05) is 19.6 Å². The van der Waals surface area contributed by atoms with Gasteiger partial charge in [0.1, 0.15) is 0 Å². The molecule has 0 radical (unpaired) electrons. The summed E-state index contributed by atoms with van der Waals surface area (Å²) in [5.74, 6) is 1.46. The van der Waals surface area contributed by atoms with Gasteiger partial charge < -0.3 is 16.0 Å². The highest BCUT2D eigenvalue weighted by molar-refractivity contribution is 14.0. The van der Waals surface area contributed by atoms with Crippen molar-refractivity contribution < 1.29 is 4.79 Å². The van der Waals surface area contributed by atoms with E-state index in [0.29, 0.717) is 25.4 Å². The van der Waals surface area contributed by atoms with Crippen LogP contribution in [0, 0.1) is 5.92 Å². The van der Waals surface area contributed by atoms with Gasteiger partial charge in [-0.05, 0) is 18.4 Å². The van der Waals surface area contributed by atoms with Crippen LogP contribution in [-0.4, -0.2) is 31.5 Å². The maximum Gasteiger partial charge on any atom is 0.222 e. The molecule has 6 heteroatoms. The van der Waals surface area contributed by atoms with Crippen LogP contribution in [0.1, 0.15) is 45.6 Å². The number of carbonyl (C=O) groups excluding carboxylic acids is 1. The van der Waals surface area contributed by atoms with Crippen LogP contribution < -0.4 is 16.0 Å². The van der Waals surface area contributed by atoms with Crippen LogP contribution in [0.3, 0.4) is 0 Å². The first kappa shape index (κ1) is 23.7. The van der Waals surface area contributed by atoms with Crippen LogP contribution in [0.25, 0.3) is 0 Å². The highest BCUT2D eigenvalue weighted by atomic mass is 127. The topological polar surface area (TPSA) is 65.5 Å². The Morgan fingerprint density at radius 1 is 1.04 bits per heavy atom. The zero-order chi connectivity index (χ0) is 17.6. The van der Waals surface area contributed by atoms with Crippen molar-refractivity contribution in [3.05, 3.63) is 35.9 Å². The molecule has 0 aliphatic rings. The first-order valence-electron chi connectivity index (χ1n) is 9.02. The minimum Gasteiger partial charge on any atom is -0.357 e. The summed E-state index contributed by atoms with van der Waals surface area (Å²) in [6.07, 6.45) is 2.71. The van der Waals surface area contributed by atoms with E-state index in [9.17, 15) is 4.79 Å². The van der Waals surface area contributed by atoms with E-state index in [2.05, 4.69) is 34.8 Å². The normalized spacial score (nSPS) is 11.0. The van der Waals surface area contributed by atoms with Gasteiger partial charge in [-0.2, -0.15) is 0 Å². The summed E-state index contributed by atoms with van der Waals surface area (Å²) in [5, 5.41) is 9.39. The summed E-state index contributed by atoms with van der Waals surface area (Å²) in [6, 6.07) is 9.93. The van der Waals surface area contributed by atoms with Crippen LogP contribution in [0.15, 0.2) is 35.3 Å². The van der Waals surface area contributed by atoms with Gasteiger partial charge in [-0.25, -0.2) is 0 Å². The van der Waals surface area contributed by atoms with Gasteiger partial charge >= 0.3 is 0 Å². The lowest BCUT2D eigenvalue weighted by Crippen LogP contribution is -2.39. The second kappa shape index (κ2) is 15.0. The van der Waals surface area contributed by atoms with Crippen LogP contribution in [0.5, 0.6) is 0 Å². The molecular weight excluding hydrogens is 427 g/mol. The van der Waals surface area contributed by atoms with Crippen molar-refractivity contribution in [3.8, 4) is 0 Å². The Labute approximate surface area is 169 Å². The number of hydrogen-bond acceptors (Lipinski definition) is 2. The number of rotatable bonds is 10. The van der Waals surface area contributed by atoms with Gasteiger partial charge in [-0.15, -0.1) is 24.0 Å². The number of amides is 1. The van der Waals surface area contributed by atoms with Gasteiger partial charge in [0.05, 0.1) is 0 Å². The number of nitrogens with zero attached hydrogens (tertiary/aromatic N) is 1. The SMILES string of the molecule is CCNC(=NCC(CC)CC)NCCC(=O)NCc1ccccc1.I. The van der Waals surface area contributed by atoms with Gasteiger partial charge in [-0.3, -0.25) is 9.79 Å². The Morgan fingerprint density at radius 2 is 1.72 bits per heavy atom. The predicted molar refractivity (Wildman–Crippen MR) is 116 cm³/mol. The van der Waals surface area contributed by atoms with Crippen molar-refractivity contribution in [2.24, 2.45) is 10.9 Å². The molecule has 0 spiro atoms. The molecule has 0 saturated carbocycles. The standard InChI is InChI=1S/C19H32N4O.HI/c1-4-16(5-2)14-23-19(20-6-3)21-13-12-18(24)22-15-17-10-8-7-9-11-17;/h7-11,16H,4-6,12-15H2,1-3H3,(H,22,24)(H2,20,21,23);1H. The van der Waals surface area contributed by atoms with Crippen LogP contribution in [-0.2, 0) is 11.3 Å². The Kier molecular flexibility index (Phi) is 14.2. The predicted octanol–water partition coefficient (Wildman–Crippen LogP) is 3.30. The fraction of sp³-hybridized carbons (Fsp3) is 0.579. The summed E-state index contributed by atoms with van der Waals surface area (Å²) in [6.45, 7) is 9.22. The number of halogens is 1. The molecule has 1 aromatic rings. The van der Waals surface area contributed by atoms with Crippen molar-refractivity contribution in [1.82, 2.24) is 16.0 Å². The summed E-state index contributed by atoms with van der Waals surface area (Å²) >= 11 is 0. The first-order valence-corrected chi connectivity index (χ1v) is 9.02. The Bertz CT molecular complexity index is 489. The van der Waals surface area contributed by atoms with E-state index in [1.165, 1.54) is 0 Å². The molecule has 1 rings (SSSR count). The number of aliphatic imine (C=N–C) groups is 1. The first-order chi connectivity index (χ1) is 11.7. The monoisotopic (exact) mass is 460 g/mol. The largest absolute Gasteiger partial charge is 0.357 e. The molecule has 25 heavy (non-hydrogen) atoms. The van der Waals surface area contributed by atoms with Crippen molar-refractivity contribution in [1.29, 1.82) is 0 Å². The molecule has 0 fully saturated rings. The van der Waals surface area contributed by atoms with Gasteiger partial charge in [0, 0.05) is 32.6 Å². The molecule has 1 aromatic carbocycles. The molecular formula is C19H33IN4O. The number of guanidine groups is 1. The molecule has 3 N–H and O–H groups in total. The van der Waals surface area contributed by atoms with E-state index in [1.54, 1.807) is 0 Å². The molecule has 0 saturated heterocycles. The Balaban J connectivity index is 0.00000576. The lowest BCUT2D eigenvalue weighted by molar-refractivity contribution is -0.121. The van der Waals surface area contributed by atoms with E-state index in [4.69, 9.17) is 0 Å². The molecule has 0 unspecified atom stereocenters. The van der Waals surface area contributed by atoms with E-state index >= 15 is 0 Å². The number of carbonyl (C=O) groups is 1. The molecule has 0 bridgehead atoms. The Hall–Kier alpha value is -1.31. The van der Waals surface area contributed by atoms with Crippen LogP contribution >= 0.6 is 24.0 Å². The van der Waals surface area contributed by atoms with Gasteiger partial charge in [0.25, 0.3) is 0 Å². The maximum absolute atomic E-state index is 11.9. The maximum atomic E-state index is 11.9. The summed E-state index contributed by atoms with van der Waals surface area (Å²) in [5.41, 5.74) is 1.11. The van der Waals surface area contributed by atoms with E-state index in [-0.39, 0.29) is 29.9 Å². The van der Waals surface area contributed by atoms with Crippen molar-refractivity contribution in [2.45, 2.75) is 46.6 Å². The second-order valence-electron chi connectivity index (χ2n) is 5.84. The van der Waals surface area contributed by atoms with Gasteiger partial charge in [-0.1, -0.05) is 57.0 Å². The molecule has 0 aromatic heterocycles. The van der Waals surface area contributed by atoms with E-state index < -0.39 is 0 Å². The fourth-order valence-corrected chi connectivity index (χ4v) is 2.29. The molecule has 5 nitrogen and oxygen atoms in total. The smallest absolute Gasteiger partial charge is 0.222 e. The molecule has 0 aliphatic heterocycles. The minimum absolute atomic E-state index is 0. The number of nitrogens with one attached hydrogen (secondary N) is 3. The molecule has 0 atom stereocenters. The lowest BCUT2D eigenvalue weighted by Gasteiger charge is -2.14. The fourth-order valence-electron chi connectivity index (χ4n) is 2.29. The average molecular weight is 460 g/mol. The summed E-state index contributed by atoms with van der Waals surface area (Å²) in [4.78, 5) is 16.5. The Morgan fingerprint density at radius 3 is 2.32 bits per heavy atom. The van der Waals surface area contributed by atoms with Gasteiger partial charge in [0.2, 0.25) is 5.91 Å². The second-order valence-corrected chi connectivity index (χ2v) is 5.84. The zero-order valence-electron chi connectivity index (χ0n) is 15.7. The third kappa shape index (κ3) is 11.0. The molecule has 1 amide bonds. The summed E-state index contributed by atoms with van der Waals surface area (Å²) < 4.78 is 0. The minimum atomic E-state index is 0. The number of benzene rings is 1. The summed E-state index contributed by atoms with van der Waals surface area (Å²) in [7, 11) is 0. The third-order valence-corrected chi connectivity index (χ3v) is 3.98. The number of hydrogen-bond donors (Lipinski definition) is 3. The third-order valence-electron chi connectivity index (χ3n) is 3.98. The van der Waals surface area contributed by atoms with Crippen molar-refractivity contribution >= 4 is 35.8 Å². The zero-order valence-corrected chi connectivity index (χ0v) is 18.0. The van der Waals surface area contributed by atoms with Crippen molar-refractivity contribution in [3.63, 3.8) is 0 Å². The average Bonchev–Trinajstić information content (AvgIpc) is 2.61. The quantitative estimate of drug-likeness (QED) is 0.285. The highest BCUT2D eigenvalue weighted by Crippen LogP contribution is 2.07. The molecule has 0 aliphatic carbocycles. The van der Waals surface area contributed by atoms with Crippen LogP contribution in [0.2, 0.25) is 0 Å².